The van der Waals surface area contributed by atoms with Crippen LogP contribution in [0.15, 0.2) is 24.7 Å². The number of nitrogens with zero attached hydrogens (tertiary/aromatic N) is 4. The summed E-state index contributed by atoms with van der Waals surface area (Å²) in [4.78, 5) is 25.9. The fraction of sp³-hybridized carbons (Fsp3) is 0.308. The smallest absolute Gasteiger partial charge is 0.339 e. The zero-order valence-corrected chi connectivity index (χ0v) is 12.3. The summed E-state index contributed by atoms with van der Waals surface area (Å²) in [5.41, 5.74) is 0.257. The van der Waals surface area contributed by atoms with Crippen molar-refractivity contribution in [1.82, 2.24) is 14.8 Å². The first-order valence-electron chi connectivity index (χ1n) is 6.46. The Morgan fingerprint density at radius 3 is 2.73 bits per heavy atom. The average Bonchev–Trinajstić information content (AvgIpc) is 2.95. The first-order chi connectivity index (χ1) is 10.4. The summed E-state index contributed by atoms with van der Waals surface area (Å²) in [6, 6.07) is 1.29. The minimum absolute atomic E-state index is 0.0117. The third-order valence-electron chi connectivity index (χ3n) is 2.88. The molecule has 22 heavy (non-hydrogen) atoms. The normalized spacial score (nSPS) is 10.5. The Hall–Kier alpha value is -2.97. The highest BCUT2D eigenvalue weighted by molar-refractivity contribution is 5.90. The van der Waals surface area contributed by atoms with Crippen LogP contribution in [0.2, 0.25) is 0 Å². The summed E-state index contributed by atoms with van der Waals surface area (Å²) in [5.74, 6) is -0.657. The molecule has 0 aliphatic carbocycles. The number of esters is 1. The maximum absolute atomic E-state index is 11.4. The van der Waals surface area contributed by atoms with E-state index in [0.717, 1.165) is 6.07 Å². The van der Waals surface area contributed by atoms with Crippen molar-refractivity contribution < 1.29 is 14.5 Å². The van der Waals surface area contributed by atoms with Crippen LogP contribution < -0.4 is 5.32 Å². The van der Waals surface area contributed by atoms with Gasteiger partial charge in [-0.1, -0.05) is 0 Å². The molecule has 0 radical (unpaired) electrons. The highest BCUT2D eigenvalue weighted by Gasteiger charge is 2.20. The fourth-order valence-corrected chi connectivity index (χ4v) is 1.74. The molecule has 0 saturated heterocycles. The Kier molecular flexibility index (Phi) is 4.35. The second kappa shape index (κ2) is 6.20. The lowest BCUT2D eigenvalue weighted by molar-refractivity contribution is -0.384. The Balaban J connectivity index is 2.33. The lowest BCUT2D eigenvalue weighted by atomic mass is 10.2. The topological polar surface area (TPSA) is 112 Å². The van der Waals surface area contributed by atoms with Gasteiger partial charge in [-0.15, -0.1) is 0 Å². The standard InChI is InChI=1S/C13H15N5O4/c1-8(2)17-7-10(6-15-17)16-12-11(18(20)21)4-9(5-14-12)13(19)22-3/h4-8H,1-3H3,(H,14,16). The first kappa shape index (κ1) is 15.4. The minimum Gasteiger partial charge on any atom is -0.465 e. The second-order valence-corrected chi connectivity index (χ2v) is 4.77. The van der Waals surface area contributed by atoms with Gasteiger partial charge in [-0.3, -0.25) is 14.8 Å². The van der Waals surface area contributed by atoms with Gasteiger partial charge in [0.25, 0.3) is 0 Å². The van der Waals surface area contributed by atoms with Crippen LogP contribution in [0.25, 0.3) is 0 Å². The van der Waals surface area contributed by atoms with Crippen LogP contribution in [0.5, 0.6) is 0 Å². The van der Waals surface area contributed by atoms with E-state index in [0.29, 0.717) is 5.69 Å². The van der Waals surface area contributed by atoms with E-state index >= 15 is 0 Å². The lowest BCUT2D eigenvalue weighted by Crippen LogP contribution is -2.06. The Bertz CT molecular complexity index is 710. The molecule has 1 N–H and O–H groups in total. The molecule has 0 amide bonds. The highest BCUT2D eigenvalue weighted by Crippen LogP contribution is 2.26. The molecule has 0 aliphatic rings. The van der Waals surface area contributed by atoms with Crippen LogP contribution in [0.3, 0.4) is 0 Å². The van der Waals surface area contributed by atoms with Crippen LogP contribution in [0.1, 0.15) is 30.2 Å². The van der Waals surface area contributed by atoms with E-state index in [-0.39, 0.29) is 23.1 Å². The van der Waals surface area contributed by atoms with Gasteiger partial charge in [0, 0.05) is 24.5 Å². The molecule has 0 aromatic carbocycles. The van der Waals surface area contributed by atoms with E-state index in [4.69, 9.17) is 0 Å². The molecule has 0 unspecified atom stereocenters. The maximum atomic E-state index is 11.4. The van der Waals surface area contributed by atoms with Gasteiger partial charge in [0.15, 0.2) is 0 Å². The molecule has 0 bridgehead atoms. The number of aromatic nitrogens is 3. The van der Waals surface area contributed by atoms with Gasteiger partial charge in [-0.2, -0.15) is 5.10 Å². The van der Waals surface area contributed by atoms with Crippen molar-refractivity contribution in [2.75, 3.05) is 12.4 Å². The van der Waals surface area contributed by atoms with E-state index in [1.54, 1.807) is 17.1 Å². The quantitative estimate of drug-likeness (QED) is 0.512. The molecule has 2 aromatic rings. The fourth-order valence-electron chi connectivity index (χ4n) is 1.74. The third kappa shape index (κ3) is 3.19. The Morgan fingerprint density at radius 1 is 1.45 bits per heavy atom. The summed E-state index contributed by atoms with van der Waals surface area (Å²) in [6.45, 7) is 3.92. The van der Waals surface area contributed by atoms with Crippen LogP contribution in [-0.4, -0.2) is 32.8 Å². The van der Waals surface area contributed by atoms with Gasteiger partial charge in [0.1, 0.15) is 0 Å². The number of anilines is 2. The summed E-state index contributed by atoms with van der Waals surface area (Å²) >= 11 is 0. The van der Waals surface area contributed by atoms with Gasteiger partial charge >= 0.3 is 11.7 Å². The Morgan fingerprint density at radius 2 is 2.18 bits per heavy atom. The number of nitro groups is 1. The Labute approximate surface area is 126 Å². The van der Waals surface area contributed by atoms with E-state index in [1.165, 1.54) is 13.3 Å². The zero-order chi connectivity index (χ0) is 16.3. The molecule has 0 atom stereocenters. The van der Waals surface area contributed by atoms with Crippen LogP contribution in [0.4, 0.5) is 17.2 Å². The predicted octanol–water partition coefficient (Wildman–Crippen LogP) is 2.30. The number of hydrogen-bond acceptors (Lipinski definition) is 7. The average molecular weight is 305 g/mol. The number of methoxy groups -OCH3 is 1. The third-order valence-corrected chi connectivity index (χ3v) is 2.88. The second-order valence-electron chi connectivity index (χ2n) is 4.77. The minimum atomic E-state index is -0.685. The van der Waals surface area contributed by atoms with Gasteiger partial charge in [-0.25, -0.2) is 9.78 Å². The van der Waals surface area contributed by atoms with Crippen molar-refractivity contribution in [3.05, 3.63) is 40.3 Å². The summed E-state index contributed by atoms with van der Waals surface area (Å²) in [7, 11) is 1.20. The number of carbonyl (C=O) groups is 1. The molecule has 0 aliphatic heterocycles. The monoisotopic (exact) mass is 305 g/mol. The molecule has 2 aromatic heterocycles. The van der Waals surface area contributed by atoms with Crippen molar-refractivity contribution in [2.24, 2.45) is 0 Å². The van der Waals surface area contributed by atoms with Crippen LogP contribution in [0, 0.1) is 10.1 Å². The van der Waals surface area contributed by atoms with Crippen molar-refractivity contribution in [3.8, 4) is 0 Å². The lowest BCUT2D eigenvalue weighted by Gasteiger charge is -2.06. The van der Waals surface area contributed by atoms with E-state index in [1.807, 2.05) is 13.8 Å². The van der Waals surface area contributed by atoms with Crippen LogP contribution >= 0.6 is 0 Å². The zero-order valence-electron chi connectivity index (χ0n) is 12.3. The van der Waals surface area contributed by atoms with E-state index in [2.05, 4.69) is 20.1 Å². The molecule has 9 heteroatoms. The van der Waals surface area contributed by atoms with Gasteiger partial charge in [0.2, 0.25) is 5.82 Å². The molecule has 116 valence electrons. The molecule has 2 rings (SSSR count). The number of hydrogen-bond donors (Lipinski definition) is 1. The molecule has 9 nitrogen and oxygen atoms in total. The van der Waals surface area contributed by atoms with Gasteiger partial charge in [-0.05, 0) is 13.8 Å². The van der Waals surface area contributed by atoms with Crippen molar-refractivity contribution in [2.45, 2.75) is 19.9 Å². The highest BCUT2D eigenvalue weighted by atomic mass is 16.6. The molecular weight excluding hydrogens is 290 g/mol. The number of rotatable bonds is 5. The maximum Gasteiger partial charge on any atom is 0.339 e. The summed E-state index contributed by atoms with van der Waals surface area (Å²) < 4.78 is 6.23. The molecule has 0 saturated carbocycles. The molecule has 0 fully saturated rings. The number of nitrogens with one attached hydrogen (secondary N) is 1. The van der Waals surface area contributed by atoms with Gasteiger partial charge in [0.05, 0.1) is 29.5 Å². The first-order valence-corrected chi connectivity index (χ1v) is 6.46. The number of ether oxygens (including phenoxy) is 1. The van der Waals surface area contributed by atoms with Crippen LogP contribution in [-0.2, 0) is 4.74 Å². The van der Waals surface area contributed by atoms with Crippen molar-refractivity contribution >= 4 is 23.2 Å². The number of carbonyl (C=O) groups excluding carboxylic acids is 1. The van der Waals surface area contributed by atoms with E-state index < -0.39 is 10.9 Å². The predicted molar refractivity (Wildman–Crippen MR) is 78.1 cm³/mol. The largest absolute Gasteiger partial charge is 0.465 e. The molecule has 2 heterocycles. The van der Waals surface area contributed by atoms with Crippen molar-refractivity contribution in [3.63, 3.8) is 0 Å². The number of pyridine rings is 1. The van der Waals surface area contributed by atoms with Crippen molar-refractivity contribution in [1.29, 1.82) is 0 Å². The molecule has 0 spiro atoms. The summed E-state index contributed by atoms with van der Waals surface area (Å²) in [5, 5.41) is 18.1. The van der Waals surface area contributed by atoms with Gasteiger partial charge < -0.3 is 10.1 Å². The summed E-state index contributed by atoms with van der Waals surface area (Å²) in [6.07, 6.45) is 4.47. The van der Waals surface area contributed by atoms with E-state index in [9.17, 15) is 14.9 Å². The SMILES string of the molecule is COC(=O)c1cnc(Nc2cnn(C(C)C)c2)c([N+](=O)[O-])c1. The molecular formula is C13H15N5O4.